The number of aryl methyl sites for hydroxylation is 1. The average Bonchev–Trinajstić information content (AvgIpc) is 2.63. The van der Waals surface area contributed by atoms with Gasteiger partial charge in [-0.1, -0.05) is 48.4 Å². The molecule has 0 saturated carbocycles. The molecule has 0 aliphatic heterocycles. The van der Waals surface area contributed by atoms with Gasteiger partial charge in [0.1, 0.15) is 9.49 Å². The van der Waals surface area contributed by atoms with Gasteiger partial charge in [0.15, 0.2) is 10.8 Å². The third-order valence-corrected chi connectivity index (χ3v) is 3.73. The van der Waals surface area contributed by atoms with Crippen LogP contribution in [0.15, 0.2) is 6.20 Å². The molecule has 0 aliphatic rings. The summed E-state index contributed by atoms with van der Waals surface area (Å²) >= 11 is 13.4. The maximum Gasteiger partial charge on any atom is 0.190 e. The lowest BCUT2D eigenvalue weighted by molar-refractivity contribution is 0.831. The Bertz CT molecular complexity index is 528. The Hall–Kier alpha value is -0.710. The van der Waals surface area contributed by atoms with E-state index < -0.39 is 0 Å². The van der Waals surface area contributed by atoms with Crippen molar-refractivity contribution in [3.05, 3.63) is 26.9 Å². The van der Waals surface area contributed by atoms with E-state index in [9.17, 15) is 0 Å². The Kier molecular flexibility index (Phi) is 3.66. The Balaban J connectivity index is 2.52. The average molecular weight is 288 g/mol. The van der Waals surface area contributed by atoms with Crippen LogP contribution in [-0.4, -0.2) is 15.0 Å². The lowest BCUT2D eigenvalue weighted by Crippen LogP contribution is -2.01. The maximum absolute atomic E-state index is 6.18. The highest BCUT2D eigenvalue weighted by Crippen LogP contribution is 2.30. The van der Waals surface area contributed by atoms with Crippen LogP contribution in [0.25, 0.3) is 10.8 Å². The zero-order valence-electron chi connectivity index (χ0n) is 9.66. The Morgan fingerprint density at radius 2 is 1.94 bits per heavy atom. The van der Waals surface area contributed by atoms with Gasteiger partial charge in [-0.25, -0.2) is 15.0 Å². The zero-order chi connectivity index (χ0) is 12.6. The van der Waals surface area contributed by atoms with Crippen molar-refractivity contribution in [3.8, 4) is 10.8 Å². The van der Waals surface area contributed by atoms with E-state index in [0.717, 1.165) is 11.3 Å². The first-order chi connectivity index (χ1) is 7.99. The largest absolute Gasteiger partial charge is 0.240 e. The Morgan fingerprint density at radius 3 is 2.41 bits per heavy atom. The summed E-state index contributed by atoms with van der Waals surface area (Å²) in [6.45, 7) is 6.07. The van der Waals surface area contributed by atoms with Crippen molar-refractivity contribution in [2.24, 2.45) is 0 Å². The third kappa shape index (κ3) is 2.59. The van der Waals surface area contributed by atoms with Crippen molar-refractivity contribution in [1.82, 2.24) is 15.0 Å². The second kappa shape index (κ2) is 4.88. The number of hydrogen-bond acceptors (Lipinski definition) is 4. The monoisotopic (exact) mass is 287 g/mol. The second-order valence-electron chi connectivity index (χ2n) is 3.96. The van der Waals surface area contributed by atoms with E-state index in [1.54, 1.807) is 6.20 Å². The van der Waals surface area contributed by atoms with Crippen LogP contribution in [-0.2, 0) is 0 Å². The predicted molar refractivity (Wildman–Crippen MR) is 72.0 cm³/mol. The molecule has 0 atom stereocenters. The van der Waals surface area contributed by atoms with Crippen LogP contribution in [0.5, 0.6) is 0 Å². The summed E-state index contributed by atoms with van der Waals surface area (Å²) in [7, 11) is 0. The smallest absolute Gasteiger partial charge is 0.190 e. The van der Waals surface area contributed by atoms with E-state index in [2.05, 4.69) is 28.8 Å². The molecule has 0 amide bonds. The SMILES string of the molecule is Cc1nc(-c2ncc(Cl)s2)nc(Cl)c1C(C)C. The van der Waals surface area contributed by atoms with Gasteiger partial charge >= 0.3 is 0 Å². The molecule has 6 heteroatoms. The van der Waals surface area contributed by atoms with E-state index >= 15 is 0 Å². The van der Waals surface area contributed by atoms with Gasteiger partial charge in [-0.05, 0) is 12.8 Å². The molecule has 0 spiro atoms. The molecule has 0 N–H and O–H groups in total. The van der Waals surface area contributed by atoms with Crippen molar-refractivity contribution >= 4 is 34.5 Å². The van der Waals surface area contributed by atoms with Gasteiger partial charge in [-0.3, -0.25) is 0 Å². The summed E-state index contributed by atoms with van der Waals surface area (Å²) in [4.78, 5) is 12.9. The molecule has 0 unspecified atom stereocenters. The summed E-state index contributed by atoms with van der Waals surface area (Å²) in [5.74, 6) is 0.838. The molecule has 17 heavy (non-hydrogen) atoms. The number of rotatable bonds is 2. The van der Waals surface area contributed by atoms with Crippen LogP contribution in [0, 0.1) is 6.92 Å². The molecule has 2 heterocycles. The van der Waals surface area contributed by atoms with Crippen LogP contribution in [0.2, 0.25) is 9.49 Å². The molecule has 0 fully saturated rings. The Labute approximate surface area is 114 Å². The number of hydrogen-bond donors (Lipinski definition) is 0. The van der Waals surface area contributed by atoms with Crippen LogP contribution in [0.4, 0.5) is 0 Å². The fraction of sp³-hybridized carbons (Fsp3) is 0.364. The highest BCUT2D eigenvalue weighted by atomic mass is 35.5. The summed E-state index contributed by atoms with van der Waals surface area (Å²) < 4.78 is 0.616. The quantitative estimate of drug-likeness (QED) is 0.772. The van der Waals surface area contributed by atoms with Gasteiger partial charge in [0.25, 0.3) is 0 Å². The first-order valence-electron chi connectivity index (χ1n) is 5.14. The fourth-order valence-electron chi connectivity index (χ4n) is 1.66. The predicted octanol–water partition coefficient (Wildman–Crippen LogP) is 4.34. The van der Waals surface area contributed by atoms with Gasteiger partial charge in [-0.15, -0.1) is 0 Å². The first-order valence-corrected chi connectivity index (χ1v) is 6.72. The molecular formula is C11H11Cl2N3S. The normalized spacial score (nSPS) is 11.2. The summed E-state index contributed by atoms with van der Waals surface area (Å²) in [6.07, 6.45) is 1.59. The van der Waals surface area contributed by atoms with Crippen molar-refractivity contribution in [1.29, 1.82) is 0 Å². The lowest BCUT2D eigenvalue weighted by Gasteiger charge is -2.11. The molecule has 0 radical (unpaired) electrons. The molecule has 3 nitrogen and oxygen atoms in total. The van der Waals surface area contributed by atoms with E-state index in [1.807, 2.05) is 6.92 Å². The standard InChI is InChI=1S/C11H11Cl2N3S/c1-5(2)8-6(3)15-10(16-9(8)13)11-14-4-7(12)17-11/h4-5H,1-3H3. The van der Waals surface area contributed by atoms with Crippen molar-refractivity contribution in [2.45, 2.75) is 26.7 Å². The number of thiazole rings is 1. The van der Waals surface area contributed by atoms with Gasteiger partial charge in [0, 0.05) is 11.3 Å². The zero-order valence-corrected chi connectivity index (χ0v) is 12.0. The van der Waals surface area contributed by atoms with Crippen molar-refractivity contribution in [2.75, 3.05) is 0 Å². The lowest BCUT2D eigenvalue weighted by atomic mass is 10.0. The molecule has 0 aromatic carbocycles. The summed E-state index contributed by atoms with van der Waals surface area (Å²) in [6, 6.07) is 0. The Morgan fingerprint density at radius 1 is 1.24 bits per heavy atom. The maximum atomic E-state index is 6.18. The van der Waals surface area contributed by atoms with Crippen LogP contribution < -0.4 is 0 Å². The van der Waals surface area contributed by atoms with Crippen LogP contribution in [0.1, 0.15) is 31.0 Å². The minimum Gasteiger partial charge on any atom is -0.240 e. The fourth-order valence-corrected chi connectivity index (χ4v) is 2.94. The van der Waals surface area contributed by atoms with E-state index in [4.69, 9.17) is 23.2 Å². The van der Waals surface area contributed by atoms with Crippen LogP contribution >= 0.6 is 34.5 Å². The molecule has 2 aromatic heterocycles. The third-order valence-electron chi connectivity index (χ3n) is 2.34. The molecule has 90 valence electrons. The highest BCUT2D eigenvalue weighted by molar-refractivity contribution is 7.18. The second-order valence-corrected chi connectivity index (χ2v) is 5.98. The van der Waals surface area contributed by atoms with E-state index in [0.29, 0.717) is 26.2 Å². The van der Waals surface area contributed by atoms with Gasteiger partial charge in [0.05, 0.1) is 6.20 Å². The van der Waals surface area contributed by atoms with E-state index in [1.165, 1.54) is 11.3 Å². The molecular weight excluding hydrogens is 277 g/mol. The minimum absolute atomic E-state index is 0.302. The van der Waals surface area contributed by atoms with Crippen molar-refractivity contribution in [3.63, 3.8) is 0 Å². The molecule has 2 aromatic rings. The first kappa shape index (κ1) is 12.7. The van der Waals surface area contributed by atoms with Crippen LogP contribution in [0.3, 0.4) is 0 Å². The van der Waals surface area contributed by atoms with Gasteiger partial charge in [0.2, 0.25) is 0 Å². The summed E-state index contributed by atoms with van der Waals surface area (Å²) in [5, 5.41) is 1.18. The molecule has 0 aliphatic carbocycles. The number of nitrogens with zero attached hydrogens (tertiary/aromatic N) is 3. The molecule has 0 bridgehead atoms. The van der Waals surface area contributed by atoms with E-state index in [-0.39, 0.29) is 0 Å². The number of aromatic nitrogens is 3. The van der Waals surface area contributed by atoms with Gasteiger partial charge < -0.3 is 0 Å². The topological polar surface area (TPSA) is 38.7 Å². The van der Waals surface area contributed by atoms with Crippen molar-refractivity contribution < 1.29 is 0 Å². The van der Waals surface area contributed by atoms with Gasteiger partial charge in [-0.2, -0.15) is 0 Å². The number of halogens is 2. The summed E-state index contributed by atoms with van der Waals surface area (Å²) in [5.41, 5.74) is 1.87. The highest BCUT2D eigenvalue weighted by Gasteiger charge is 2.15. The molecule has 2 rings (SSSR count). The minimum atomic E-state index is 0.302. The molecule has 0 saturated heterocycles.